The summed E-state index contributed by atoms with van der Waals surface area (Å²) in [7, 11) is -3.77. The summed E-state index contributed by atoms with van der Waals surface area (Å²) < 4.78 is 29.1. The highest BCUT2D eigenvalue weighted by Crippen LogP contribution is 2.28. The van der Waals surface area contributed by atoms with E-state index in [0.29, 0.717) is 0 Å². The van der Waals surface area contributed by atoms with Crippen LogP contribution in [0, 0.1) is 0 Å². The van der Waals surface area contributed by atoms with Gasteiger partial charge in [0.1, 0.15) is 0 Å². The van der Waals surface area contributed by atoms with Gasteiger partial charge in [0, 0.05) is 15.4 Å². The minimum absolute atomic E-state index is 0.149. The van der Waals surface area contributed by atoms with E-state index in [1.165, 1.54) is 4.31 Å². The number of hydrogen-bond donors (Lipinski definition) is 1. The third-order valence-electron chi connectivity index (χ3n) is 5.69. The molecule has 1 amide bonds. The zero-order chi connectivity index (χ0) is 22.4. The molecular formula is C23H29BrN2O3S2. The highest BCUT2D eigenvalue weighted by molar-refractivity contribution is 9.10. The van der Waals surface area contributed by atoms with E-state index >= 15 is 0 Å². The lowest BCUT2D eigenvalue weighted by atomic mass is 9.95. The van der Waals surface area contributed by atoms with Crippen molar-refractivity contribution in [2.45, 2.75) is 60.9 Å². The van der Waals surface area contributed by atoms with Gasteiger partial charge in [-0.2, -0.15) is 4.31 Å². The van der Waals surface area contributed by atoms with Gasteiger partial charge in [-0.05, 0) is 68.0 Å². The number of thioether (sulfide) groups is 1. The summed E-state index contributed by atoms with van der Waals surface area (Å²) >= 11 is 5.02. The van der Waals surface area contributed by atoms with Crippen molar-refractivity contribution in [2.24, 2.45) is 0 Å². The molecule has 0 spiro atoms. The van der Waals surface area contributed by atoms with Crippen LogP contribution in [0.3, 0.4) is 0 Å². The van der Waals surface area contributed by atoms with Crippen LogP contribution in [0.25, 0.3) is 0 Å². The molecule has 0 unspecified atom stereocenters. The molecule has 0 heterocycles. The molecule has 1 aliphatic rings. The predicted molar refractivity (Wildman–Crippen MR) is 130 cm³/mol. The first kappa shape index (κ1) is 24.3. The van der Waals surface area contributed by atoms with Crippen molar-refractivity contribution in [3.8, 4) is 0 Å². The molecule has 0 bridgehead atoms. The summed E-state index contributed by atoms with van der Waals surface area (Å²) in [5, 5.41) is 2.98. The molecule has 0 aliphatic heterocycles. The molecule has 1 saturated carbocycles. The number of sulfonamides is 1. The Kier molecular flexibility index (Phi) is 8.61. The van der Waals surface area contributed by atoms with E-state index in [0.717, 1.165) is 47.0 Å². The number of carbonyl (C=O) groups excluding carboxylic acids is 1. The monoisotopic (exact) mass is 524 g/mol. The molecule has 2 aromatic carbocycles. The third kappa shape index (κ3) is 6.34. The van der Waals surface area contributed by atoms with E-state index in [-0.39, 0.29) is 29.4 Å². The number of hydrogen-bond acceptors (Lipinski definition) is 4. The molecule has 0 saturated heterocycles. The van der Waals surface area contributed by atoms with Crippen LogP contribution in [0.5, 0.6) is 0 Å². The highest BCUT2D eigenvalue weighted by atomic mass is 79.9. The van der Waals surface area contributed by atoms with Gasteiger partial charge in [-0.1, -0.05) is 47.3 Å². The number of amides is 1. The molecule has 31 heavy (non-hydrogen) atoms. The van der Waals surface area contributed by atoms with E-state index < -0.39 is 10.0 Å². The molecule has 5 nitrogen and oxygen atoms in total. The normalized spacial score (nSPS) is 16.3. The van der Waals surface area contributed by atoms with Crippen LogP contribution in [-0.4, -0.2) is 37.5 Å². The van der Waals surface area contributed by atoms with Crippen LogP contribution in [0.4, 0.5) is 0 Å². The Morgan fingerprint density at radius 2 is 1.71 bits per heavy atom. The lowest BCUT2D eigenvalue weighted by Crippen LogP contribution is -2.47. The molecule has 8 heteroatoms. The first-order valence-electron chi connectivity index (χ1n) is 10.5. The molecule has 168 valence electrons. The molecule has 1 fully saturated rings. The zero-order valence-electron chi connectivity index (χ0n) is 17.9. The first-order chi connectivity index (χ1) is 14.8. The summed E-state index contributed by atoms with van der Waals surface area (Å²) in [6.07, 6.45) is 6.67. The van der Waals surface area contributed by atoms with Crippen molar-refractivity contribution < 1.29 is 13.2 Å². The smallest absolute Gasteiger partial charge is 0.243 e. The number of benzene rings is 2. The Morgan fingerprint density at radius 3 is 2.29 bits per heavy atom. The van der Waals surface area contributed by atoms with Gasteiger partial charge in [-0.25, -0.2) is 8.42 Å². The van der Waals surface area contributed by atoms with E-state index in [9.17, 15) is 13.2 Å². The van der Waals surface area contributed by atoms with Crippen molar-refractivity contribution in [3.63, 3.8) is 0 Å². The lowest BCUT2D eigenvalue weighted by molar-refractivity contribution is -0.122. The first-order valence-corrected chi connectivity index (χ1v) is 14.0. The summed E-state index contributed by atoms with van der Waals surface area (Å²) in [6, 6.07) is 14.3. The van der Waals surface area contributed by atoms with Crippen molar-refractivity contribution in [1.82, 2.24) is 9.62 Å². The fraction of sp³-hybridized carbons (Fsp3) is 0.435. The molecular weight excluding hydrogens is 496 g/mol. The fourth-order valence-electron chi connectivity index (χ4n) is 3.93. The third-order valence-corrected chi connectivity index (χ3v) is 8.88. The molecule has 2 aromatic rings. The Hall–Kier alpha value is -1.35. The SMILES string of the molecule is CSc1ccc([C@@H](C)NC(=O)CN(C2CCCCC2)S(=O)(=O)c2ccc(Br)cc2)cc1. The summed E-state index contributed by atoms with van der Waals surface area (Å²) in [6.45, 7) is 1.75. The van der Waals surface area contributed by atoms with Crippen LogP contribution in [0.1, 0.15) is 50.6 Å². The minimum Gasteiger partial charge on any atom is -0.348 e. The van der Waals surface area contributed by atoms with E-state index in [1.807, 2.05) is 37.4 Å². The quantitative estimate of drug-likeness (QED) is 0.471. The second-order valence-corrected chi connectivity index (χ2v) is 11.5. The highest BCUT2D eigenvalue weighted by Gasteiger charge is 2.34. The van der Waals surface area contributed by atoms with Gasteiger partial charge >= 0.3 is 0 Å². The standard InChI is InChI=1S/C23H29BrN2O3S2/c1-17(18-8-12-21(30-2)13-9-18)25-23(27)16-26(20-6-4-3-5-7-20)31(28,29)22-14-10-19(24)11-15-22/h8-15,17,20H,3-7,16H2,1-2H3,(H,25,27)/t17-/m1/s1. The van der Waals surface area contributed by atoms with Gasteiger partial charge in [-0.15, -0.1) is 11.8 Å². The van der Waals surface area contributed by atoms with Crippen LogP contribution in [-0.2, 0) is 14.8 Å². The minimum atomic E-state index is -3.77. The topological polar surface area (TPSA) is 66.5 Å². The summed E-state index contributed by atoms with van der Waals surface area (Å²) in [4.78, 5) is 14.3. The van der Waals surface area contributed by atoms with Gasteiger partial charge in [0.2, 0.25) is 15.9 Å². The number of rotatable bonds is 8. The average molecular weight is 526 g/mol. The van der Waals surface area contributed by atoms with Crippen LogP contribution >= 0.6 is 27.7 Å². The molecule has 1 atom stereocenters. The molecule has 1 N–H and O–H groups in total. The van der Waals surface area contributed by atoms with Crippen molar-refractivity contribution >= 4 is 43.6 Å². The summed E-state index contributed by atoms with van der Waals surface area (Å²) in [5.74, 6) is -0.285. The van der Waals surface area contributed by atoms with Gasteiger partial charge in [0.25, 0.3) is 0 Å². The summed E-state index contributed by atoms with van der Waals surface area (Å²) in [5.41, 5.74) is 0.992. The molecule has 0 aromatic heterocycles. The predicted octanol–water partition coefficient (Wildman–Crippen LogP) is 5.37. The Morgan fingerprint density at radius 1 is 1.10 bits per heavy atom. The van der Waals surface area contributed by atoms with Crippen molar-refractivity contribution in [3.05, 3.63) is 58.6 Å². The van der Waals surface area contributed by atoms with Crippen LogP contribution < -0.4 is 5.32 Å². The second kappa shape index (κ2) is 11.0. The number of halogens is 1. The lowest BCUT2D eigenvalue weighted by Gasteiger charge is -2.33. The average Bonchev–Trinajstić information content (AvgIpc) is 2.78. The second-order valence-electron chi connectivity index (χ2n) is 7.86. The maximum Gasteiger partial charge on any atom is 0.243 e. The van der Waals surface area contributed by atoms with Crippen LogP contribution in [0.15, 0.2) is 62.8 Å². The van der Waals surface area contributed by atoms with Gasteiger partial charge in [-0.3, -0.25) is 4.79 Å². The number of carbonyl (C=O) groups is 1. The maximum atomic E-state index is 13.4. The fourth-order valence-corrected chi connectivity index (χ4v) is 6.24. The van der Waals surface area contributed by atoms with E-state index in [1.54, 1.807) is 36.0 Å². The van der Waals surface area contributed by atoms with E-state index in [4.69, 9.17) is 0 Å². The van der Waals surface area contributed by atoms with Gasteiger partial charge in [0.05, 0.1) is 17.5 Å². The zero-order valence-corrected chi connectivity index (χ0v) is 21.1. The number of nitrogens with one attached hydrogen (secondary N) is 1. The Bertz CT molecular complexity index is 973. The molecule has 3 rings (SSSR count). The van der Waals surface area contributed by atoms with Crippen LogP contribution in [0.2, 0.25) is 0 Å². The van der Waals surface area contributed by atoms with Crippen molar-refractivity contribution in [2.75, 3.05) is 12.8 Å². The number of nitrogens with zero attached hydrogens (tertiary/aromatic N) is 1. The Labute approximate surface area is 198 Å². The Balaban J connectivity index is 1.77. The van der Waals surface area contributed by atoms with Gasteiger partial charge in [0.15, 0.2) is 0 Å². The maximum absolute atomic E-state index is 13.4. The van der Waals surface area contributed by atoms with E-state index in [2.05, 4.69) is 21.2 Å². The van der Waals surface area contributed by atoms with Gasteiger partial charge < -0.3 is 5.32 Å². The van der Waals surface area contributed by atoms with Crippen molar-refractivity contribution in [1.29, 1.82) is 0 Å². The molecule has 1 aliphatic carbocycles. The largest absolute Gasteiger partial charge is 0.348 e. The molecule has 0 radical (unpaired) electrons.